The topological polar surface area (TPSA) is 59.8 Å². The van der Waals surface area contributed by atoms with Crippen molar-refractivity contribution in [3.8, 4) is 0 Å². The lowest BCUT2D eigenvalue weighted by Crippen LogP contribution is -2.49. The van der Waals surface area contributed by atoms with E-state index in [-0.39, 0.29) is 12.4 Å². The molecule has 2 N–H and O–H groups in total. The standard InChI is InChI=1S/C13H22BN3O2.ClH/c1-3-4-16-5-7-17(8-6-16)13-12(14(18)19)9-11(2)10-15-13;/h9-10,18-19H,3-8H2,1-2H3;1H. The minimum Gasteiger partial charge on any atom is -0.423 e. The summed E-state index contributed by atoms with van der Waals surface area (Å²) in [5, 5.41) is 18.9. The van der Waals surface area contributed by atoms with E-state index in [1.807, 2.05) is 6.92 Å². The number of hydrogen-bond donors (Lipinski definition) is 2. The number of pyridine rings is 1. The van der Waals surface area contributed by atoms with Gasteiger partial charge in [-0.2, -0.15) is 0 Å². The van der Waals surface area contributed by atoms with Gasteiger partial charge in [-0.05, 0) is 25.5 Å². The predicted octanol–water partition coefficient (Wildman–Crippen LogP) is 0.0236. The zero-order valence-electron chi connectivity index (χ0n) is 12.1. The minimum atomic E-state index is -1.46. The Morgan fingerprint density at radius 1 is 1.25 bits per heavy atom. The average molecular weight is 300 g/mol. The highest BCUT2D eigenvalue weighted by molar-refractivity contribution is 6.60. The Labute approximate surface area is 127 Å². The minimum absolute atomic E-state index is 0. The Kier molecular flexibility index (Phi) is 6.75. The average Bonchev–Trinajstić information content (AvgIpc) is 2.40. The molecule has 0 unspecified atom stereocenters. The van der Waals surface area contributed by atoms with Crippen molar-refractivity contribution < 1.29 is 10.0 Å². The molecule has 2 rings (SSSR count). The maximum atomic E-state index is 9.47. The molecule has 0 bridgehead atoms. The SMILES string of the molecule is CCCN1CCN(c2ncc(C)cc2B(O)O)CC1.Cl. The number of aromatic nitrogens is 1. The van der Waals surface area contributed by atoms with Gasteiger partial charge in [-0.3, -0.25) is 4.90 Å². The van der Waals surface area contributed by atoms with Crippen LogP contribution in [0.5, 0.6) is 0 Å². The summed E-state index contributed by atoms with van der Waals surface area (Å²) in [6.07, 6.45) is 2.95. The molecule has 1 aromatic rings. The van der Waals surface area contributed by atoms with Crippen LogP contribution in [-0.2, 0) is 0 Å². The van der Waals surface area contributed by atoms with E-state index < -0.39 is 7.12 Å². The quantitative estimate of drug-likeness (QED) is 0.768. The fourth-order valence-electron chi connectivity index (χ4n) is 2.54. The number of anilines is 1. The predicted molar refractivity (Wildman–Crippen MR) is 85.0 cm³/mol. The molecule has 0 spiro atoms. The van der Waals surface area contributed by atoms with E-state index in [9.17, 15) is 10.0 Å². The van der Waals surface area contributed by atoms with Crippen LogP contribution in [0.4, 0.5) is 5.82 Å². The molecule has 1 aliphatic heterocycles. The highest BCUT2D eigenvalue weighted by atomic mass is 35.5. The van der Waals surface area contributed by atoms with Gasteiger partial charge in [0.25, 0.3) is 0 Å². The molecule has 0 amide bonds. The van der Waals surface area contributed by atoms with Crippen LogP contribution in [-0.4, -0.2) is 59.8 Å². The molecule has 1 saturated heterocycles. The Balaban J connectivity index is 0.00000200. The lowest BCUT2D eigenvalue weighted by molar-refractivity contribution is 0.258. The van der Waals surface area contributed by atoms with E-state index in [0.29, 0.717) is 11.3 Å². The molecule has 1 fully saturated rings. The first-order valence-electron chi connectivity index (χ1n) is 6.91. The van der Waals surface area contributed by atoms with E-state index in [2.05, 4.69) is 21.7 Å². The molecule has 1 aromatic heterocycles. The first kappa shape index (κ1) is 17.2. The van der Waals surface area contributed by atoms with Gasteiger partial charge in [0, 0.05) is 37.8 Å². The van der Waals surface area contributed by atoms with Crippen LogP contribution in [0, 0.1) is 6.92 Å². The van der Waals surface area contributed by atoms with Crippen LogP contribution < -0.4 is 10.4 Å². The Morgan fingerprint density at radius 2 is 1.90 bits per heavy atom. The van der Waals surface area contributed by atoms with Crippen molar-refractivity contribution in [3.63, 3.8) is 0 Å². The maximum absolute atomic E-state index is 9.47. The largest absolute Gasteiger partial charge is 0.492 e. The summed E-state index contributed by atoms with van der Waals surface area (Å²) in [7, 11) is -1.46. The number of hydrogen-bond acceptors (Lipinski definition) is 5. The van der Waals surface area contributed by atoms with Crippen molar-refractivity contribution in [1.82, 2.24) is 9.88 Å². The summed E-state index contributed by atoms with van der Waals surface area (Å²) < 4.78 is 0. The molecule has 0 atom stereocenters. The fourth-order valence-corrected chi connectivity index (χ4v) is 2.54. The molecular weight excluding hydrogens is 276 g/mol. The van der Waals surface area contributed by atoms with Gasteiger partial charge in [-0.1, -0.05) is 13.0 Å². The molecule has 0 radical (unpaired) electrons. The highest BCUT2D eigenvalue weighted by Crippen LogP contribution is 2.13. The van der Waals surface area contributed by atoms with Gasteiger partial charge < -0.3 is 14.9 Å². The van der Waals surface area contributed by atoms with Gasteiger partial charge in [0.2, 0.25) is 0 Å². The number of nitrogens with zero attached hydrogens (tertiary/aromatic N) is 3. The van der Waals surface area contributed by atoms with E-state index in [0.717, 1.165) is 38.3 Å². The smallest absolute Gasteiger partial charge is 0.423 e. The van der Waals surface area contributed by atoms with E-state index in [1.165, 1.54) is 6.42 Å². The summed E-state index contributed by atoms with van der Waals surface area (Å²) in [6, 6.07) is 1.80. The number of halogens is 1. The third-order valence-corrected chi connectivity index (χ3v) is 3.52. The van der Waals surface area contributed by atoms with Crippen molar-refractivity contribution >= 4 is 30.8 Å². The van der Waals surface area contributed by atoms with Gasteiger partial charge in [0.05, 0.1) is 0 Å². The lowest BCUT2D eigenvalue weighted by Gasteiger charge is -2.36. The summed E-state index contributed by atoms with van der Waals surface area (Å²) in [5.41, 5.74) is 1.44. The molecule has 0 aromatic carbocycles. The Morgan fingerprint density at radius 3 is 2.45 bits per heavy atom. The number of rotatable bonds is 4. The second kappa shape index (κ2) is 7.83. The molecule has 0 aliphatic carbocycles. The third kappa shape index (κ3) is 4.09. The van der Waals surface area contributed by atoms with Crippen LogP contribution in [0.1, 0.15) is 18.9 Å². The van der Waals surface area contributed by atoms with E-state index in [1.54, 1.807) is 12.3 Å². The Bertz CT molecular complexity index is 426. The number of piperazine rings is 1. The van der Waals surface area contributed by atoms with Crippen LogP contribution in [0.2, 0.25) is 0 Å². The first-order chi connectivity index (χ1) is 9.11. The van der Waals surface area contributed by atoms with Crippen molar-refractivity contribution in [1.29, 1.82) is 0 Å². The normalized spacial score (nSPS) is 15.9. The van der Waals surface area contributed by atoms with Crippen molar-refractivity contribution in [2.45, 2.75) is 20.3 Å². The van der Waals surface area contributed by atoms with Crippen LogP contribution >= 0.6 is 12.4 Å². The van der Waals surface area contributed by atoms with Crippen LogP contribution in [0.25, 0.3) is 0 Å². The molecule has 0 saturated carbocycles. The highest BCUT2D eigenvalue weighted by Gasteiger charge is 2.24. The number of aryl methyl sites for hydroxylation is 1. The monoisotopic (exact) mass is 299 g/mol. The zero-order chi connectivity index (χ0) is 13.8. The first-order valence-corrected chi connectivity index (χ1v) is 6.91. The molecule has 1 aliphatic rings. The van der Waals surface area contributed by atoms with Crippen LogP contribution in [0.15, 0.2) is 12.3 Å². The summed E-state index contributed by atoms with van der Waals surface area (Å²) >= 11 is 0. The summed E-state index contributed by atoms with van der Waals surface area (Å²) in [5.74, 6) is 0.705. The lowest BCUT2D eigenvalue weighted by atomic mass is 9.79. The van der Waals surface area contributed by atoms with Crippen molar-refractivity contribution in [3.05, 3.63) is 17.8 Å². The molecule has 5 nitrogen and oxygen atoms in total. The van der Waals surface area contributed by atoms with Crippen LogP contribution in [0.3, 0.4) is 0 Å². The van der Waals surface area contributed by atoms with Crippen molar-refractivity contribution in [2.75, 3.05) is 37.6 Å². The third-order valence-electron chi connectivity index (χ3n) is 3.52. The molecule has 7 heteroatoms. The van der Waals surface area contributed by atoms with Gasteiger partial charge in [0.15, 0.2) is 0 Å². The van der Waals surface area contributed by atoms with E-state index >= 15 is 0 Å². The molecular formula is C13H23BClN3O2. The fraction of sp³-hybridized carbons (Fsp3) is 0.615. The molecule has 20 heavy (non-hydrogen) atoms. The second-order valence-electron chi connectivity index (χ2n) is 5.13. The summed E-state index contributed by atoms with van der Waals surface area (Å²) in [6.45, 7) is 9.00. The molecule has 112 valence electrons. The van der Waals surface area contributed by atoms with Gasteiger partial charge in [-0.25, -0.2) is 4.98 Å². The van der Waals surface area contributed by atoms with Gasteiger partial charge in [-0.15, -0.1) is 12.4 Å². The van der Waals surface area contributed by atoms with Gasteiger partial charge >= 0.3 is 7.12 Å². The summed E-state index contributed by atoms with van der Waals surface area (Å²) in [4.78, 5) is 8.95. The molecule has 2 heterocycles. The van der Waals surface area contributed by atoms with E-state index in [4.69, 9.17) is 0 Å². The van der Waals surface area contributed by atoms with Crippen molar-refractivity contribution in [2.24, 2.45) is 0 Å². The Hall–Kier alpha value is -0.815. The second-order valence-corrected chi connectivity index (χ2v) is 5.13. The maximum Gasteiger partial charge on any atom is 0.492 e. The van der Waals surface area contributed by atoms with Gasteiger partial charge in [0.1, 0.15) is 5.82 Å². The zero-order valence-corrected chi connectivity index (χ0v) is 12.9.